The Kier molecular flexibility index (Phi) is 7.58. The topological polar surface area (TPSA) is 78.7 Å². The smallest absolute Gasteiger partial charge is 0.288 e. The minimum Gasteiger partial charge on any atom is -0.368 e. The lowest BCUT2D eigenvalue weighted by molar-refractivity contribution is -0.384. The summed E-state index contributed by atoms with van der Waals surface area (Å²) in [5.74, 6) is -0.489. The molecule has 0 aromatic heterocycles. The molecule has 0 atom stereocenters. The predicted octanol–water partition coefficient (Wildman–Crippen LogP) is 6.13. The van der Waals surface area contributed by atoms with E-state index in [1.54, 1.807) is 12.1 Å². The molecule has 1 heterocycles. The van der Waals surface area contributed by atoms with Crippen LogP contribution in [0.2, 0.25) is 15.1 Å². The van der Waals surface area contributed by atoms with E-state index in [1.807, 2.05) is 30.3 Å². The van der Waals surface area contributed by atoms with Gasteiger partial charge in [-0.3, -0.25) is 19.8 Å². The van der Waals surface area contributed by atoms with Crippen LogP contribution < -0.4 is 10.2 Å². The highest BCUT2D eigenvalue weighted by Crippen LogP contribution is 2.31. The van der Waals surface area contributed by atoms with Gasteiger partial charge in [-0.1, -0.05) is 53.0 Å². The Labute approximate surface area is 212 Å². The summed E-state index contributed by atoms with van der Waals surface area (Å²) in [7, 11) is 0. The number of rotatable bonds is 6. The lowest BCUT2D eigenvalue weighted by Gasteiger charge is -2.36. The van der Waals surface area contributed by atoms with Crippen LogP contribution in [0.15, 0.2) is 60.7 Å². The highest BCUT2D eigenvalue weighted by Gasteiger charge is 2.21. The minimum atomic E-state index is -0.626. The van der Waals surface area contributed by atoms with E-state index in [0.29, 0.717) is 10.7 Å². The molecule has 1 N–H and O–H groups in total. The molecule has 10 heteroatoms. The van der Waals surface area contributed by atoms with E-state index >= 15 is 0 Å². The fourth-order valence-corrected chi connectivity index (χ4v) is 4.53. The van der Waals surface area contributed by atoms with Gasteiger partial charge in [0.25, 0.3) is 11.6 Å². The van der Waals surface area contributed by atoms with Crippen LogP contribution in [0, 0.1) is 10.1 Å². The number of carbonyl (C=O) groups is 1. The van der Waals surface area contributed by atoms with Gasteiger partial charge in [-0.15, -0.1) is 0 Å². The summed E-state index contributed by atoms with van der Waals surface area (Å²) < 4.78 is 0. The molecule has 4 rings (SSSR count). The van der Waals surface area contributed by atoms with Crippen molar-refractivity contribution in [3.8, 4) is 0 Å². The number of hydrogen-bond donors (Lipinski definition) is 1. The van der Waals surface area contributed by atoms with E-state index in [2.05, 4.69) is 15.1 Å². The van der Waals surface area contributed by atoms with Crippen molar-refractivity contribution in [2.24, 2.45) is 0 Å². The van der Waals surface area contributed by atoms with Crippen molar-refractivity contribution in [2.75, 3.05) is 36.4 Å². The number of amides is 1. The van der Waals surface area contributed by atoms with E-state index < -0.39 is 10.8 Å². The number of benzene rings is 3. The van der Waals surface area contributed by atoms with Gasteiger partial charge in [-0.05, 0) is 42.0 Å². The number of nitrogens with zero attached hydrogens (tertiary/aromatic N) is 3. The van der Waals surface area contributed by atoms with Gasteiger partial charge in [0.2, 0.25) is 0 Å². The van der Waals surface area contributed by atoms with Gasteiger partial charge in [0.05, 0.1) is 15.6 Å². The number of hydrogen-bond acceptors (Lipinski definition) is 5. The Morgan fingerprint density at radius 3 is 2.32 bits per heavy atom. The van der Waals surface area contributed by atoms with E-state index in [-0.39, 0.29) is 16.3 Å². The highest BCUT2D eigenvalue weighted by molar-refractivity contribution is 6.34. The Hall–Kier alpha value is -2.84. The summed E-state index contributed by atoms with van der Waals surface area (Å²) in [5, 5.41) is 15.1. The summed E-state index contributed by atoms with van der Waals surface area (Å²) in [6, 6.07) is 17.1. The van der Waals surface area contributed by atoms with Crippen LogP contribution in [-0.4, -0.2) is 41.9 Å². The molecule has 1 amide bonds. The summed E-state index contributed by atoms with van der Waals surface area (Å²) >= 11 is 18.6. The first-order valence-corrected chi connectivity index (χ1v) is 11.7. The fraction of sp³-hybridized carbons (Fsp3) is 0.208. The largest absolute Gasteiger partial charge is 0.368 e. The molecule has 0 aliphatic carbocycles. The first-order chi connectivity index (χ1) is 16.3. The summed E-state index contributed by atoms with van der Waals surface area (Å²) in [4.78, 5) is 27.6. The Morgan fingerprint density at radius 1 is 0.912 bits per heavy atom. The molecular weight excluding hydrogens is 499 g/mol. The molecule has 0 radical (unpaired) electrons. The number of anilines is 2. The van der Waals surface area contributed by atoms with Crippen LogP contribution in [0.25, 0.3) is 0 Å². The first-order valence-electron chi connectivity index (χ1n) is 10.6. The third kappa shape index (κ3) is 5.62. The second-order valence-electron chi connectivity index (χ2n) is 7.90. The van der Waals surface area contributed by atoms with Crippen LogP contribution in [-0.2, 0) is 6.54 Å². The Balaban J connectivity index is 1.38. The van der Waals surface area contributed by atoms with Crippen molar-refractivity contribution in [1.82, 2.24) is 4.90 Å². The lowest BCUT2D eigenvalue weighted by atomic mass is 10.1. The molecule has 3 aromatic carbocycles. The van der Waals surface area contributed by atoms with Gasteiger partial charge in [0.1, 0.15) is 5.02 Å². The number of carbonyl (C=O) groups excluding carboxylic acids is 1. The maximum atomic E-state index is 12.6. The molecule has 0 saturated carbocycles. The molecule has 1 fully saturated rings. The molecule has 176 valence electrons. The van der Waals surface area contributed by atoms with Gasteiger partial charge in [0.15, 0.2) is 0 Å². The maximum absolute atomic E-state index is 12.6. The molecule has 1 aliphatic heterocycles. The molecule has 1 saturated heterocycles. The molecule has 0 spiro atoms. The normalized spacial score (nSPS) is 14.1. The number of piperazine rings is 1. The molecular formula is C24H21Cl3N4O3. The number of nitro groups is 1. The van der Waals surface area contributed by atoms with Crippen LogP contribution >= 0.6 is 34.8 Å². The van der Waals surface area contributed by atoms with E-state index in [9.17, 15) is 14.9 Å². The number of nitro benzene ring substituents is 1. The minimum absolute atomic E-state index is 0.0269. The second kappa shape index (κ2) is 10.6. The zero-order chi connectivity index (χ0) is 24.2. The van der Waals surface area contributed by atoms with Crippen molar-refractivity contribution >= 4 is 57.8 Å². The molecule has 1 aliphatic rings. The van der Waals surface area contributed by atoms with Crippen LogP contribution in [0.1, 0.15) is 15.9 Å². The summed E-state index contributed by atoms with van der Waals surface area (Å²) in [6.45, 7) is 4.16. The van der Waals surface area contributed by atoms with E-state index in [4.69, 9.17) is 34.8 Å². The van der Waals surface area contributed by atoms with Crippen molar-refractivity contribution in [3.63, 3.8) is 0 Å². The number of halogens is 3. The quantitative estimate of drug-likeness (QED) is 0.313. The average Bonchev–Trinajstić information content (AvgIpc) is 2.81. The predicted molar refractivity (Wildman–Crippen MR) is 136 cm³/mol. The zero-order valence-corrected chi connectivity index (χ0v) is 20.3. The van der Waals surface area contributed by atoms with Gasteiger partial charge in [-0.25, -0.2) is 0 Å². The highest BCUT2D eigenvalue weighted by atomic mass is 35.5. The second-order valence-corrected chi connectivity index (χ2v) is 9.12. The van der Waals surface area contributed by atoms with Gasteiger partial charge in [0, 0.05) is 55.1 Å². The Morgan fingerprint density at radius 2 is 1.65 bits per heavy atom. The monoisotopic (exact) mass is 518 g/mol. The van der Waals surface area contributed by atoms with Crippen LogP contribution in [0.3, 0.4) is 0 Å². The molecule has 0 unspecified atom stereocenters. The SMILES string of the molecule is O=C(Nc1ccc(N2CCN(Cc3ccccc3Cl)CC2)c(Cl)c1)c1ccc(Cl)c([N+](=O)[O-])c1. The van der Waals surface area contributed by atoms with Crippen molar-refractivity contribution in [1.29, 1.82) is 0 Å². The molecule has 7 nitrogen and oxygen atoms in total. The van der Waals surface area contributed by atoms with E-state index in [1.165, 1.54) is 12.1 Å². The molecule has 3 aromatic rings. The lowest BCUT2D eigenvalue weighted by Crippen LogP contribution is -2.46. The first kappa shape index (κ1) is 24.3. The summed E-state index contributed by atoms with van der Waals surface area (Å²) in [6.07, 6.45) is 0. The fourth-order valence-electron chi connectivity index (χ4n) is 3.85. The van der Waals surface area contributed by atoms with Crippen LogP contribution in [0.5, 0.6) is 0 Å². The van der Waals surface area contributed by atoms with Crippen molar-refractivity contribution in [3.05, 3.63) is 97.0 Å². The van der Waals surface area contributed by atoms with Crippen molar-refractivity contribution < 1.29 is 9.72 Å². The standard InChI is InChI=1S/C24H21Cl3N4O3/c25-19-4-2-1-3-17(19)15-29-9-11-30(12-10-29)22-8-6-18(14-21(22)27)28-24(32)16-5-7-20(26)23(13-16)31(33)34/h1-8,13-14H,9-12,15H2,(H,28,32). The molecule has 0 bridgehead atoms. The maximum Gasteiger partial charge on any atom is 0.288 e. The third-order valence-electron chi connectivity index (χ3n) is 5.68. The van der Waals surface area contributed by atoms with Gasteiger partial charge < -0.3 is 10.2 Å². The van der Waals surface area contributed by atoms with Crippen LogP contribution in [0.4, 0.5) is 17.1 Å². The van der Waals surface area contributed by atoms with Gasteiger partial charge in [-0.2, -0.15) is 0 Å². The zero-order valence-electron chi connectivity index (χ0n) is 18.0. The van der Waals surface area contributed by atoms with Crippen molar-refractivity contribution in [2.45, 2.75) is 6.54 Å². The number of nitrogens with one attached hydrogen (secondary N) is 1. The Bertz CT molecular complexity index is 1230. The van der Waals surface area contributed by atoms with E-state index in [0.717, 1.165) is 55.1 Å². The average molecular weight is 520 g/mol. The molecule has 34 heavy (non-hydrogen) atoms. The van der Waals surface area contributed by atoms with Gasteiger partial charge >= 0.3 is 0 Å². The third-order valence-corrected chi connectivity index (χ3v) is 6.67. The summed E-state index contributed by atoms with van der Waals surface area (Å²) in [5.41, 5.74) is 2.30.